The molecule has 0 radical (unpaired) electrons. The number of rotatable bonds is 5. The minimum absolute atomic E-state index is 0.272. The highest BCUT2D eigenvalue weighted by Crippen LogP contribution is 2.25. The van der Waals surface area contributed by atoms with E-state index >= 15 is 0 Å². The lowest BCUT2D eigenvalue weighted by molar-refractivity contribution is 0.341. The standard InChI is InChI=1S/C12H24N2S/c1-5-10-9-15-11(13-10)14-12(6-2,7-3)8-4/h10H,5-9H2,1-4H3,(H,13,14). The minimum Gasteiger partial charge on any atom is -0.360 e. The van der Waals surface area contributed by atoms with Crippen LogP contribution < -0.4 is 5.32 Å². The Balaban J connectivity index is 2.59. The summed E-state index contributed by atoms with van der Waals surface area (Å²) in [6, 6.07) is 0.542. The fourth-order valence-corrected chi connectivity index (χ4v) is 3.11. The molecule has 0 spiro atoms. The van der Waals surface area contributed by atoms with Crippen LogP contribution in [0.3, 0.4) is 0 Å². The highest BCUT2D eigenvalue weighted by atomic mass is 32.2. The molecule has 1 unspecified atom stereocenters. The molecule has 3 heteroatoms. The number of aliphatic imine (C=N–C) groups is 1. The van der Waals surface area contributed by atoms with Gasteiger partial charge in [0.15, 0.2) is 5.17 Å². The molecule has 0 saturated heterocycles. The maximum Gasteiger partial charge on any atom is 0.157 e. The summed E-state index contributed by atoms with van der Waals surface area (Å²) in [4.78, 5) is 4.70. The molecule has 1 N–H and O–H groups in total. The van der Waals surface area contributed by atoms with E-state index in [1.807, 2.05) is 11.8 Å². The van der Waals surface area contributed by atoms with Gasteiger partial charge < -0.3 is 5.32 Å². The van der Waals surface area contributed by atoms with Crippen LogP contribution in [0.2, 0.25) is 0 Å². The molecule has 0 aromatic heterocycles. The molecule has 1 rings (SSSR count). The van der Waals surface area contributed by atoms with E-state index in [0.29, 0.717) is 6.04 Å². The van der Waals surface area contributed by atoms with Crippen LogP contribution in [-0.2, 0) is 0 Å². The molecule has 15 heavy (non-hydrogen) atoms. The van der Waals surface area contributed by atoms with E-state index in [9.17, 15) is 0 Å². The maximum atomic E-state index is 4.70. The van der Waals surface area contributed by atoms with Crippen LogP contribution in [0, 0.1) is 0 Å². The van der Waals surface area contributed by atoms with Crippen molar-refractivity contribution in [1.82, 2.24) is 5.32 Å². The van der Waals surface area contributed by atoms with E-state index in [2.05, 4.69) is 33.0 Å². The quantitative estimate of drug-likeness (QED) is 0.779. The third-order valence-corrected chi connectivity index (χ3v) is 4.62. The van der Waals surface area contributed by atoms with Crippen molar-refractivity contribution in [3.05, 3.63) is 0 Å². The van der Waals surface area contributed by atoms with Gasteiger partial charge in [0.25, 0.3) is 0 Å². The monoisotopic (exact) mass is 228 g/mol. The lowest BCUT2D eigenvalue weighted by atomic mass is 9.90. The Bertz CT molecular complexity index is 213. The predicted octanol–water partition coefficient (Wildman–Crippen LogP) is 3.43. The molecule has 0 aliphatic carbocycles. The van der Waals surface area contributed by atoms with Crippen molar-refractivity contribution < 1.29 is 0 Å². The number of hydrogen-bond acceptors (Lipinski definition) is 3. The van der Waals surface area contributed by atoms with Crippen molar-refractivity contribution in [2.24, 2.45) is 4.99 Å². The first-order valence-electron chi connectivity index (χ1n) is 6.18. The SMILES string of the molecule is CCC1CSC(NC(CC)(CC)CC)=N1. The summed E-state index contributed by atoms with van der Waals surface area (Å²) in [6.07, 6.45) is 4.69. The zero-order chi connectivity index (χ0) is 11.3. The Morgan fingerprint density at radius 1 is 1.27 bits per heavy atom. The maximum absolute atomic E-state index is 4.70. The molecule has 2 nitrogen and oxygen atoms in total. The van der Waals surface area contributed by atoms with Gasteiger partial charge in [-0.05, 0) is 25.7 Å². The van der Waals surface area contributed by atoms with E-state index < -0.39 is 0 Å². The first-order chi connectivity index (χ1) is 7.19. The normalized spacial score (nSPS) is 21.6. The van der Waals surface area contributed by atoms with Crippen LogP contribution in [0.5, 0.6) is 0 Å². The van der Waals surface area contributed by atoms with Crippen LogP contribution in [0.25, 0.3) is 0 Å². The number of hydrogen-bond donors (Lipinski definition) is 1. The van der Waals surface area contributed by atoms with Gasteiger partial charge in [-0.15, -0.1) is 0 Å². The topological polar surface area (TPSA) is 24.4 Å². The number of thioether (sulfide) groups is 1. The van der Waals surface area contributed by atoms with Gasteiger partial charge in [-0.1, -0.05) is 39.5 Å². The predicted molar refractivity (Wildman–Crippen MR) is 70.7 cm³/mol. The molecular formula is C12H24N2S. The molecule has 1 aliphatic rings. The van der Waals surface area contributed by atoms with Crippen molar-refractivity contribution in [2.75, 3.05) is 5.75 Å². The third-order valence-electron chi connectivity index (χ3n) is 3.59. The number of nitrogens with zero attached hydrogens (tertiary/aromatic N) is 1. The highest BCUT2D eigenvalue weighted by Gasteiger charge is 2.27. The summed E-state index contributed by atoms with van der Waals surface area (Å²) in [5, 5.41) is 4.83. The largest absolute Gasteiger partial charge is 0.360 e. The molecule has 0 amide bonds. The van der Waals surface area contributed by atoms with E-state index in [1.165, 1.54) is 24.4 Å². The zero-order valence-electron chi connectivity index (χ0n) is 10.5. The molecule has 88 valence electrons. The summed E-state index contributed by atoms with van der Waals surface area (Å²) in [7, 11) is 0. The second kappa shape index (κ2) is 5.78. The lowest BCUT2D eigenvalue weighted by Crippen LogP contribution is -2.45. The summed E-state index contributed by atoms with van der Waals surface area (Å²) in [5.41, 5.74) is 0.272. The molecule has 0 saturated carbocycles. The van der Waals surface area contributed by atoms with Crippen molar-refractivity contribution in [1.29, 1.82) is 0 Å². The third kappa shape index (κ3) is 3.13. The fourth-order valence-electron chi connectivity index (χ4n) is 1.93. The molecule has 0 bridgehead atoms. The Morgan fingerprint density at radius 3 is 2.27 bits per heavy atom. The summed E-state index contributed by atoms with van der Waals surface area (Å²) >= 11 is 1.89. The van der Waals surface area contributed by atoms with Crippen LogP contribution in [-0.4, -0.2) is 22.5 Å². The summed E-state index contributed by atoms with van der Waals surface area (Å²) in [5.74, 6) is 1.16. The smallest absolute Gasteiger partial charge is 0.157 e. The molecular weight excluding hydrogens is 204 g/mol. The fraction of sp³-hybridized carbons (Fsp3) is 0.917. The van der Waals surface area contributed by atoms with Gasteiger partial charge >= 0.3 is 0 Å². The van der Waals surface area contributed by atoms with E-state index in [4.69, 9.17) is 4.99 Å². The Morgan fingerprint density at radius 2 is 1.87 bits per heavy atom. The van der Waals surface area contributed by atoms with Gasteiger partial charge in [-0.25, -0.2) is 0 Å². The van der Waals surface area contributed by atoms with Crippen LogP contribution in [0.15, 0.2) is 4.99 Å². The van der Waals surface area contributed by atoms with E-state index in [1.54, 1.807) is 0 Å². The second-order valence-corrected chi connectivity index (χ2v) is 5.28. The van der Waals surface area contributed by atoms with Crippen molar-refractivity contribution >= 4 is 16.9 Å². The average Bonchev–Trinajstić information content (AvgIpc) is 2.73. The Hall–Kier alpha value is -0.180. The van der Waals surface area contributed by atoms with Gasteiger partial charge in [-0.2, -0.15) is 0 Å². The Kier molecular flexibility index (Phi) is 4.97. The van der Waals surface area contributed by atoms with E-state index in [-0.39, 0.29) is 5.54 Å². The van der Waals surface area contributed by atoms with Gasteiger partial charge in [-0.3, -0.25) is 4.99 Å². The molecule has 1 heterocycles. The second-order valence-electron chi connectivity index (χ2n) is 4.27. The van der Waals surface area contributed by atoms with E-state index in [0.717, 1.165) is 12.2 Å². The summed E-state index contributed by atoms with van der Waals surface area (Å²) < 4.78 is 0. The first kappa shape index (κ1) is 12.9. The molecule has 1 atom stereocenters. The average molecular weight is 228 g/mol. The van der Waals surface area contributed by atoms with Gasteiger partial charge in [0.1, 0.15) is 0 Å². The molecule has 0 aromatic carbocycles. The highest BCUT2D eigenvalue weighted by molar-refractivity contribution is 8.14. The lowest BCUT2D eigenvalue weighted by Gasteiger charge is -2.32. The van der Waals surface area contributed by atoms with Gasteiger partial charge in [0.2, 0.25) is 0 Å². The number of nitrogens with one attached hydrogen (secondary N) is 1. The Labute approximate surface area is 98.3 Å². The zero-order valence-corrected chi connectivity index (χ0v) is 11.3. The van der Waals surface area contributed by atoms with Crippen molar-refractivity contribution in [3.63, 3.8) is 0 Å². The summed E-state index contributed by atoms with van der Waals surface area (Å²) in [6.45, 7) is 9.00. The van der Waals surface area contributed by atoms with Gasteiger partial charge in [0.05, 0.1) is 6.04 Å². The minimum atomic E-state index is 0.272. The van der Waals surface area contributed by atoms with Crippen LogP contribution in [0.4, 0.5) is 0 Å². The molecule has 1 aliphatic heterocycles. The molecule has 0 aromatic rings. The number of amidine groups is 1. The molecule has 0 fully saturated rings. The first-order valence-corrected chi connectivity index (χ1v) is 7.17. The van der Waals surface area contributed by atoms with Crippen molar-refractivity contribution in [3.8, 4) is 0 Å². The van der Waals surface area contributed by atoms with Crippen LogP contribution >= 0.6 is 11.8 Å². The van der Waals surface area contributed by atoms with Gasteiger partial charge in [0, 0.05) is 11.3 Å². The van der Waals surface area contributed by atoms with Crippen molar-refractivity contribution in [2.45, 2.75) is 65.0 Å². The van der Waals surface area contributed by atoms with Crippen LogP contribution in [0.1, 0.15) is 53.4 Å².